The predicted molar refractivity (Wildman–Crippen MR) is 79.5 cm³/mol. The van der Waals surface area contributed by atoms with Crippen LogP contribution in [0.4, 0.5) is 0 Å². The minimum Gasteiger partial charge on any atom is -0.349 e. The topological polar surface area (TPSA) is 41.1 Å². The fourth-order valence-corrected chi connectivity index (χ4v) is 2.43. The lowest BCUT2D eigenvalue weighted by atomic mass is 10.0. The molecule has 0 spiro atoms. The van der Waals surface area contributed by atoms with Crippen molar-refractivity contribution in [2.75, 3.05) is 13.1 Å². The van der Waals surface area contributed by atoms with Gasteiger partial charge in [0.05, 0.1) is 0 Å². The molecule has 0 saturated carbocycles. The zero-order valence-corrected chi connectivity index (χ0v) is 12.7. The Bertz CT molecular complexity index is 419. The van der Waals surface area contributed by atoms with Crippen molar-refractivity contribution >= 4 is 34.2 Å². The predicted octanol–water partition coefficient (Wildman–Crippen LogP) is 2.66. The lowest BCUT2D eigenvalue weighted by Crippen LogP contribution is -2.42. The maximum Gasteiger partial charge on any atom is 0.251 e. The Morgan fingerprint density at radius 3 is 2.72 bits per heavy atom. The number of rotatable bonds is 2. The summed E-state index contributed by atoms with van der Waals surface area (Å²) in [7, 11) is 0. The van der Waals surface area contributed by atoms with Gasteiger partial charge in [0.1, 0.15) is 0 Å². The normalized spacial score (nSPS) is 15.9. The summed E-state index contributed by atoms with van der Waals surface area (Å²) in [5, 5.41) is 6.39. The molecule has 100 valence electrons. The molecule has 1 amide bonds. The third-order valence-electron chi connectivity index (χ3n) is 3.12. The van der Waals surface area contributed by atoms with Crippen molar-refractivity contribution in [3.8, 4) is 0 Å². The van der Waals surface area contributed by atoms with Crippen LogP contribution in [0.15, 0.2) is 22.7 Å². The Kier molecular flexibility index (Phi) is 6.12. The molecule has 0 bridgehead atoms. The van der Waals surface area contributed by atoms with Crippen LogP contribution in [0.5, 0.6) is 0 Å². The zero-order chi connectivity index (χ0) is 12.3. The third-order valence-corrected chi connectivity index (χ3v) is 3.61. The van der Waals surface area contributed by atoms with Crippen molar-refractivity contribution in [2.24, 2.45) is 0 Å². The monoisotopic (exact) mass is 332 g/mol. The first-order valence-electron chi connectivity index (χ1n) is 5.94. The summed E-state index contributed by atoms with van der Waals surface area (Å²) in [5.74, 6) is 0.0377. The molecule has 1 aromatic carbocycles. The summed E-state index contributed by atoms with van der Waals surface area (Å²) in [4.78, 5) is 12.1. The van der Waals surface area contributed by atoms with Crippen LogP contribution < -0.4 is 10.6 Å². The number of hydrogen-bond acceptors (Lipinski definition) is 2. The van der Waals surface area contributed by atoms with Crippen molar-refractivity contribution in [3.05, 3.63) is 33.8 Å². The number of carbonyl (C=O) groups is 1. The van der Waals surface area contributed by atoms with Gasteiger partial charge in [0.15, 0.2) is 0 Å². The molecule has 1 aromatic rings. The number of benzene rings is 1. The van der Waals surface area contributed by atoms with E-state index in [2.05, 4.69) is 26.6 Å². The highest BCUT2D eigenvalue weighted by molar-refractivity contribution is 9.10. The quantitative estimate of drug-likeness (QED) is 0.873. The van der Waals surface area contributed by atoms with Crippen molar-refractivity contribution in [1.29, 1.82) is 0 Å². The molecular formula is C13H18BrClN2O. The molecular weight excluding hydrogens is 316 g/mol. The molecule has 1 heterocycles. The minimum atomic E-state index is 0. The van der Waals surface area contributed by atoms with Gasteiger partial charge >= 0.3 is 0 Å². The molecule has 1 aliphatic heterocycles. The highest BCUT2D eigenvalue weighted by atomic mass is 79.9. The molecule has 1 saturated heterocycles. The molecule has 1 aliphatic rings. The van der Waals surface area contributed by atoms with Crippen LogP contribution in [0.3, 0.4) is 0 Å². The molecule has 0 radical (unpaired) electrons. The molecule has 18 heavy (non-hydrogen) atoms. The van der Waals surface area contributed by atoms with Gasteiger partial charge < -0.3 is 10.6 Å². The van der Waals surface area contributed by atoms with Gasteiger partial charge in [-0.25, -0.2) is 0 Å². The van der Waals surface area contributed by atoms with Crippen LogP contribution in [0.2, 0.25) is 0 Å². The summed E-state index contributed by atoms with van der Waals surface area (Å²) < 4.78 is 0.943. The van der Waals surface area contributed by atoms with Crippen LogP contribution in [-0.2, 0) is 0 Å². The van der Waals surface area contributed by atoms with Crippen molar-refractivity contribution in [3.63, 3.8) is 0 Å². The average Bonchev–Trinajstić information content (AvgIpc) is 2.33. The van der Waals surface area contributed by atoms with E-state index in [0.717, 1.165) is 41.5 Å². The zero-order valence-electron chi connectivity index (χ0n) is 10.3. The van der Waals surface area contributed by atoms with Gasteiger partial charge in [-0.2, -0.15) is 0 Å². The van der Waals surface area contributed by atoms with E-state index in [1.807, 2.05) is 25.1 Å². The summed E-state index contributed by atoms with van der Waals surface area (Å²) in [6.07, 6.45) is 2.03. The Labute approximate surface area is 122 Å². The lowest BCUT2D eigenvalue weighted by Gasteiger charge is -2.24. The second kappa shape index (κ2) is 7.12. The van der Waals surface area contributed by atoms with Gasteiger partial charge in [0, 0.05) is 16.1 Å². The smallest absolute Gasteiger partial charge is 0.251 e. The molecule has 0 unspecified atom stereocenters. The van der Waals surface area contributed by atoms with Crippen LogP contribution in [0.1, 0.15) is 28.8 Å². The van der Waals surface area contributed by atoms with Crippen LogP contribution in [0, 0.1) is 6.92 Å². The Hall–Kier alpha value is -0.580. The van der Waals surface area contributed by atoms with Crippen molar-refractivity contribution < 1.29 is 4.79 Å². The summed E-state index contributed by atoms with van der Waals surface area (Å²) in [5.41, 5.74) is 1.78. The van der Waals surface area contributed by atoms with E-state index in [1.54, 1.807) is 0 Å². The number of aryl methyl sites for hydroxylation is 1. The first-order chi connectivity index (χ1) is 8.16. The van der Waals surface area contributed by atoms with E-state index in [4.69, 9.17) is 0 Å². The standard InChI is InChI=1S/C13H17BrN2O.ClH/c1-9-2-3-10(14)8-12(9)13(17)16-11-4-6-15-7-5-11;/h2-3,8,11,15H,4-7H2,1H3,(H,16,17);1H. The number of halogens is 2. The maximum atomic E-state index is 12.1. The van der Waals surface area contributed by atoms with Gasteiger partial charge in [0.25, 0.3) is 5.91 Å². The van der Waals surface area contributed by atoms with Crippen LogP contribution in [0.25, 0.3) is 0 Å². The highest BCUT2D eigenvalue weighted by Gasteiger charge is 2.17. The number of hydrogen-bond donors (Lipinski definition) is 2. The van der Waals surface area contributed by atoms with Gasteiger partial charge in [-0.05, 0) is 50.6 Å². The van der Waals surface area contributed by atoms with Gasteiger partial charge in [-0.3, -0.25) is 4.79 Å². The Balaban J connectivity index is 0.00000162. The fraction of sp³-hybridized carbons (Fsp3) is 0.462. The number of amides is 1. The summed E-state index contributed by atoms with van der Waals surface area (Å²) in [6, 6.07) is 6.10. The SMILES string of the molecule is Cc1ccc(Br)cc1C(=O)NC1CCNCC1.Cl. The Morgan fingerprint density at radius 2 is 2.06 bits per heavy atom. The van der Waals surface area contributed by atoms with Crippen LogP contribution >= 0.6 is 28.3 Å². The molecule has 5 heteroatoms. The first kappa shape index (κ1) is 15.5. The molecule has 2 N–H and O–H groups in total. The van der Waals surface area contributed by atoms with E-state index in [1.165, 1.54) is 0 Å². The molecule has 0 aliphatic carbocycles. The van der Waals surface area contributed by atoms with E-state index in [0.29, 0.717) is 6.04 Å². The minimum absolute atomic E-state index is 0. The second-order valence-electron chi connectivity index (χ2n) is 4.46. The second-order valence-corrected chi connectivity index (χ2v) is 5.37. The van der Waals surface area contributed by atoms with E-state index >= 15 is 0 Å². The largest absolute Gasteiger partial charge is 0.349 e. The molecule has 0 atom stereocenters. The van der Waals surface area contributed by atoms with E-state index in [9.17, 15) is 4.79 Å². The molecule has 0 aromatic heterocycles. The highest BCUT2D eigenvalue weighted by Crippen LogP contribution is 2.16. The average molecular weight is 334 g/mol. The lowest BCUT2D eigenvalue weighted by molar-refractivity contribution is 0.0929. The van der Waals surface area contributed by atoms with E-state index < -0.39 is 0 Å². The first-order valence-corrected chi connectivity index (χ1v) is 6.74. The van der Waals surface area contributed by atoms with Crippen LogP contribution in [-0.4, -0.2) is 25.0 Å². The Morgan fingerprint density at radius 1 is 1.39 bits per heavy atom. The maximum absolute atomic E-state index is 12.1. The third kappa shape index (κ3) is 3.97. The molecule has 1 fully saturated rings. The number of nitrogens with one attached hydrogen (secondary N) is 2. The van der Waals surface area contributed by atoms with Gasteiger partial charge in [-0.1, -0.05) is 22.0 Å². The van der Waals surface area contributed by atoms with Crippen molar-refractivity contribution in [2.45, 2.75) is 25.8 Å². The number of piperidine rings is 1. The van der Waals surface area contributed by atoms with Crippen molar-refractivity contribution in [1.82, 2.24) is 10.6 Å². The molecule has 3 nitrogen and oxygen atoms in total. The fourth-order valence-electron chi connectivity index (χ4n) is 2.07. The number of carbonyl (C=O) groups excluding carboxylic acids is 1. The summed E-state index contributed by atoms with van der Waals surface area (Å²) >= 11 is 3.40. The van der Waals surface area contributed by atoms with Gasteiger partial charge in [0.2, 0.25) is 0 Å². The molecule has 2 rings (SSSR count). The summed E-state index contributed by atoms with van der Waals surface area (Å²) in [6.45, 7) is 3.94. The van der Waals surface area contributed by atoms with E-state index in [-0.39, 0.29) is 18.3 Å². The van der Waals surface area contributed by atoms with Gasteiger partial charge in [-0.15, -0.1) is 12.4 Å².